The third-order valence-corrected chi connectivity index (χ3v) is 4.05. The molecule has 1 aliphatic rings. The van der Waals surface area contributed by atoms with Gasteiger partial charge < -0.3 is 14.3 Å². The maximum Gasteiger partial charge on any atom is 0.371 e. The Morgan fingerprint density at radius 1 is 1.50 bits per heavy atom. The Morgan fingerprint density at radius 3 is 2.75 bits per heavy atom. The van der Waals surface area contributed by atoms with Crippen LogP contribution in [0, 0.1) is 18.3 Å². The first-order valence-electron chi connectivity index (χ1n) is 7.21. The lowest BCUT2D eigenvalue weighted by Crippen LogP contribution is -2.32. The lowest BCUT2D eigenvalue weighted by atomic mass is 9.71. The third-order valence-electron chi connectivity index (χ3n) is 4.05. The molecule has 4 nitrogen and oxygen atoms in total. The van der Waals surface area contributed by atoms with Crippen molar-refractivity contribution in [2.24, 2.45) is 11.3 Å². The van der Waals surface area contributed by atoms with Gasteiger partial charge in [0.25, 0.3) is 0 Å². The van der Waals surface area contributed by atoms with E-state index in [1.807, 2.05) is 0 Å². The average molecular weight is 280 g/mol. The first-order chi connectivity index (χ1) is 9.27. The molecule has 0 aromatic carbocycles. The van der Waals surface area contributed by atoms with Gasteiger partial charge in [-0.1, -0.05) is 20.8 Å². The van der Waals surface area contributed by atoms with Gasteiger partial charge in [0.05, 0.1) is 12.7 Å². The molecule has 4 heteroatoms. The van der Waals surface area contributed by atoms with Gasteiger partial charge in [0.2, 0.25) is 5.76 Å². The molecule has 2 rings (SSSR count). The van der Waals surface area contributed by atoms with Gasteiger partial charge in [-0.15, -0.1) is 0 Å². The number of carboxylic acids is 1. The standard InChI is InChI=1S/C16H24O4/c1-10-5-13(8-16(3,4)7-10)19-9-12-6-14(15(17)18)20-11(12)2/h6,10,13H,5,7-9H2,1-4H3,(H,17,18). The van der Waals surface area contributed by atoms with E-state index in [2.05, 4.69) is 20.8 Å². The van der Waals surface area contributed by atoms with Crippen molar-refractivity contribution in [3.63, 3.8) is 0 Å². The van der Waals surface area contributed by atoms with Crippen molar-refractivity contribution in [2.45, 2.75) is 59.7 Å². The number of hydrogen-bond donors (Lipinski definition) is 1. The molecule has 0 amide bonds. The van der Waals surface area contributed by atoms with E-state index >= 15 is 0 Å². The molecule has 0 aliphatic heterocycles. The van der Waals surface area contributed by atoms with E-state index in [0.29, 0.717) is 23.7 Å². The van der Waals surface area contributed by atoms with Gasteiger partial charge in [-0.05, 0) is 43.6 Å². The average Bonchev–Trinajstić information content (AvgIpc) is 2.65. The summed E-state index contributed by atoms with van der Waals surface area (Å²) in [5, 5.41) is 8.91. The molecule has 20 heavy (non-hydrogen) atoms. The Hall–Kier alpha value is -1.29. The Bertz CT molecular complexity index is 487. The van der Waals surface area contributed by atoms with Crippen molar-refractivity contribution in [2.75, 3.05) is 0 Å². The molecule has 112 valence electrons. The highest BCUT2D eigenvalue weighted by atomic mass is 16.5. The predicted molar refractivity (Wildman–Crippen MR) is 75.8 cm³/mol. The molecule has 2 atom stereocenters. The Morgan fingerprint density at radius 2 is 2.20 bits per heavy atom. The first kappa shape index (κ1) is 15.1. The molecule has 0 bridgehead atoms. The first-order valence-corrected chi connectivity index (χ1v) is 7.21. The van der Waals surface area contributed by atoms with Gasteiger partial charge in [-0.3, -0.25) is 0 Å². The van der Waals surface area contributed by atoms with Crippen LogP contribution in [0.3, 0.4) is 0 Å². The number of furan rings is 1. The molecular weight excluding hydrogens is 256 g/mol. The summed E-state index contributed by atoms with van der Waals surface area (Å²) in [6, 6.07) is 1.56. The predicted octanol–water partition coefficient (Wildman–Crippen LogP) is 4.02. The van der Waals surface area contributed by atoms with Gasteiger partial charge >= 0.3 is 5.97 Å². The number of aromatic carboxylic acids is 1. The van der Waals surface area contributed by atoms with Crippen LogP contribution in [-0.4, -0.2) is 17.2 Å². The Balaban J connectivity index is 1.96. The second-order valence-electron chi connectivity index (χ2n) is 6.84. The number of aryl methyl sites for hydroxylation is 1. The van der Waals surface area contributed by atoms with Crippen molar-refractivity contribution >= 4 is 5.97 Å². The van der Waals surface area contributed by atoms with E-state index in [-0.39, 0.29) is 11.9 Å². The third kappa shape index (κ3) is 3.63. The minimum Gasteiger partial charge on any atom is -0.475 e. The zero-order valence-corrected chi connectivity index (χ0v) is 12.7. The second-order valence-corrected chi connectivity index (χ2v) is 6.84. The Kier molecular flexibility index (Phi) is 4.23. The van der Waals surface area contributed by atoms with Crippen LogP contribution >= 0.6 is 0 Å². The summed E-state index contributed by atoms with van der Waals surface area (Å²) in [4.78, 5) is 10.9. The fourth-order valence-electron chi connectivity index (χ4n) is 3.36. The molecule has 2 unspecified atom stereocenters. The normalized spacial score (nSPS) is 25.6. The minimum absolute atomic E-state index is 0.0153. The van der Waals surface area contributed by atoms with Gasteiger partial charge in [0.1, 0.15) is 5.76 Å². The largest absolute Gasteiger partial charge is 0.475 e. The fourth-order valence-corrected chi connectivity index (χ4v) is 3.36. The van der Waals surface area contributed by atoms with Gasteiger partial charge in [0.15, 0.2) is 0 Å². The molecule has 1 fully saturated rings. The summed E-state index contributed by atoms with van der Waals surface area (Å²) < 4.78 is 11.2. The van der Waals surface area contributed by atoms with Crippen LogP contribution in [-0.2, 0) is 11.3 Å². The summed E-state index contributed by atoms with van der Waals surface area (Å²) in [6.07, 6.45) is 3.61. The van der Waals surface area contributed by atoms with Crippen molar-refractivity contribution in [1.82, 2.24) is 0 Å². The van der Waals surface area contributed by atoms with Crippen LogP contribution in [0.5, 0.6) is 0 Å². The Labute approximate surface area is 120 Å². The smallest absolute Gasteiger partial charge is 0.371 e. The zero-order valence-electron chi connectivity index (χ0n) is 12.7. The maximum absolute atomic E-state index is 10.9. The van der Waals surface area contributed by atoms with Crippen LogP contribution in [0.2, 0.25) is 0 Å². The number of ether oxygens (including phenoxy) is 1. The van der Waals surface area contributed by atoms with Crippen LogP contribution in [0.1, 0.15) is 61.9 Å². The summed E-state index contributed by atoms with van der Waals surface area (Å²) >= 11 is 0. The highest BCUT2D eigenvalue weighted by Crippen LogP contribution is 2.40. The van der Waals surface area contributed by atoms with Crippen LogP contribution in [0.25, 0.3) is 0 Å². The van der Waals surface area contributed by atoms with Crippen LogP contribution < -0.4 is 0 Å². The lowest BCUT2D eigenvalue weighted by Gasteiger charge is -2.38. The van der Waals surface area contributed by atoms with E-state index in [9.17, 15) is 4.79 Å². The summed E-state index contributed by atoms with van der Waals surface area (Å²) in [5.74, 6) is 0.250. The quantitative estimate of drug-likeness (QED) is 0.905. The molecule has 1 saturated carbocycles. The fraction of sp³-hybridized carbons (Fsp3) is 0.688. The van der Waals surface area contributed by atoms with Crippen molar-refractivity contribution in [1.29, 1.82) is 0 Å². The van der Waals surface area contributed by atoms with E-state index in [1.165, 1.54) is 6.42 Å². The van der Waals surface area contributed by atoms with E-state index in [1.54, 1.807) is 13.0 Å². The van der Waals surface area contributed by atoms with E-state index in [4.69, 9.17) is 14.3 Å². The molecule has 1 aromatic heterocycles. The summed E-state index contributed by atoms with van der Waals surface area (Å²) in [6.45, 7) is 9.03. The number of carbonyl (C=O) groups is 1. The highest BCUT2D eigenvalue weighted by molar-refractivity contribution is 5.84. The van der Waals surface area contributed by atoms with Crippen LogP contribution in [0.4, 0.5) is 0 Å². The second kappa shape index (κ2) is 5.60. The zero-order chi connectivity index (χ0) is 14.9. The number of carboxylic acid groups (broad SMARTS) is 1. The summed E-state index contributed by atoms with van der Waals surface area (Å²) in [7, 11) is 0. The molecule has 0 spiro atoms. The molecule has 0 saturated heterocycles. The van der Waals surface area contributed by atoms with E-state index < -0.39 is 5.97 Å². The van der Waals surface area contributed by atoms with Gasteiger partial charge in [0, 0.05) is 5.56 Å². The van der Waals surface area contributed by atoms with Crippen molar-refractivity contribution in [3.05, 3.63) is 23.2 Å². The molecule has 1 aromatic rings. The van der Waals surface area contributed by atoms with E-state index in [0.717, 1.165) is 18.4 Å². The topological polar surface area (TPSA) is 59.7 Å². The molecular formula is C16H24O4. The minimum atomic E-state index is -1.04. The SMILES string of the molecule is Cc1oc(C(=O)O)cc1COC1CC(C)CC(C)(C)C1. The van der Waals surface area contributed by atoms with Crippen molar-refractivity contribution < 1.29 is 19.1 Å². The molecule has 0 radical (unpaired) electrons. The lowest BCUT2D eigenvalue weighted by molar-refractivity contribution is -0.0319. The van der Waals surface area contributed by atoms with Gasteiger partial charge in [-0.25, -0.2) is 4.79 Å². The molecule has 1 heterocycles. The molecule has 1 N–H and O–H groups in total. The van der Waals surface area contributed by atoms with Gasteiger partial charge in [-0.2, -0.15) is 0 Å². The molecule has 1 aliphatic carbocycles. The van der Waals surface area contributed by atoms with Crippen molar-refractivity contribution in [3.8, 4) is 0 Å². The number of rotatable bonds is 4. The monoisotopic (exact) mass is 280 g/mol. The van der Waals surface area contributed by atoms with Crippen LogP contribution in [0.15, 0.2) is 10.5 Å². The summed E-state index contributed by atoms with van der Waals surface area (Å²) in [5.41, 5.74) is 1.15. The highest BCUT2D eigenvalue weighted by Gasteiger charge is 2.32. The number of hydrogen-bond acceptors (Lipinski definition) is 3. The maximum atomic E-state index is 10.9.